The van der Waals surface area contributed by atoms with Crippen LogP contribution in [-0.4, -0.2) is 12.5 Å². The predicted molar refractivity (Wildman–Crippen MR) is 95.3 cm³/mol. The summed E-state index contributed by atoms with van der Waals surface area (Å²) < 4.78 is 5.66. The largest absolute Gasteiger partial charge is 0.494 e. The van der Waals surface area contributed by atoms with Crippen LogP contribution in [0.15, 0.2) is 48.5 Å². The maximum atomic E-state index is 11.8. The third-order valence-electron chi connectivity index (χ3n) is 3.49. The normalized spacial score (nSPS) is 10.6. The van der Waals surface area contributed by atoms with Crippen molar-refractivity contribution < 1.29 is 9.53 Å². The molecule has 0 aliphatic heterocycles. The highest BCUT2D eigenvalue weighted by Crippen LogP contribution is 2.19. The van der Waals surface area contributed by atoms with Crippen molar-refractivity contribution in [3.8, 4) is 5.75 Å². The average Bonchev–Trinajstić information content (AvgIpc) is 2.54. The summed E-state index contributed by atoms with van der Waals surface area (Å²) in [5.74, 6) is 1.33. The first-order valence-electron chi connectivity index (χ1n) is 7.83. The van der Waals surface area contributed by atoms with Gasteiger partial charge in [0.05, 0.1) is 6.61 Å². The van der Waals surface area contributed by atoms with Gasteiger partial charge in [-0.2, -0.15) is 0 Å². The Morgan fingerprint density at radius 1 is 1.09 bits per heavy atom. The lowest BCUT2D eigenvalue weighted by Gasteiger charge is -2.09. The van der Waals surface area contributed by atoms with Gasteiger partial charge in [0, 0.05) is 17.1 Å². The van der Waals surface area contributed by atoms with Crippen LogP contribution in [0.1, 0.15) is 38.2 Å². The molecule has 0 unspecified atom stereocenters. The van der Waals surface area contributed by atoms with Crippen LogP contribution in [0.4, 0.5) is 5.69 Å². The number of nitrogens with one attached hydrogen (secondary N) is 1. The first-order chi connectivity index (χ1) is 11.0. The lowest BCUT2D eigenvalue weighted by atomic mass is 10.0. The molecule has 0 bridgehead atoms. The lowest BCUT2D eigenvalue weighted by Crippen LogP contribution is -2.12. The first-order valence-corrected chi connectivity index (χ1v) is 8.20. The van der Waals surface area contributed by atoms with Gasteiger partial charge in [-0.1, -0.05) is 37.6 Å². The van der Waals surface area contributed by atoms with E-state index in [0.29, 0.717) is 30.4 Å². The van der Waals surface area contributed by atoms with Crippen LogP contribution in [0.2, 0.25) is 5.02 Å². The molecule has 3 nitrogen and oxygen atoms in total. The van der Waals surface area contributed by atoms with Gasteiger partial charge in [0.1, 0.15) is 5.75 Å². The number of anilines is 1. The second kappa shape index (κ2) is 8.59. The fourth-order valence-electron chi connectivity index (χ4n) is 2.13. The maximum Gasteiger partial charge on any atom is 0.224 e. The summed E-state index contributed by atoms with van der Waals surface area (Å²) in [6, 6.07) is 15.2. The van der Waals surface area contributed by atoms with Crippen LogP contribution in [0.3, 0.4) is 0 Å². The van der Waals surface area contributed by atoms with E-state index in [1.54, 1.807) is 24.3 Å². The van der Waals surface area contributed by atoms with Crippen molar-refractivity contribution in [2.45, 2.75) is 32.6 Å². The van der Waals surface area contributed by atoms with Crippen molar-refractivity contribution in [2.24, 2.45) is 0 Å². The molecule has 0 aliphatic rings. The highest BCUT2D eigenvalue weighted by Gasteiger charge is 2.03. The monoisotopic (exact) mass is 331 g/mol. The second-order valence-corrected chi connectivity index (χ2v) is 6.17. The Bertz CT molecular complexity index is 621. The number of rotatable bonds is 7. The molecule has 23 heavy (non-hydrogen) atoms. The summed E-state index contributed by atoms with van der Waals surface area (Å²) in [6.07, 6.45) is 1.10. The Hall–Kier alpha value is -2.00. The number of carbonyl (C=O) groups is 1. The zero-order chi connectivity index (χ0) is 16.7. The number of benzene rings is 2. The Labute approximate surface area is 142 Å². The summed E-state index contributed by atoms with van der Waals surface area (Å²) in [4.78, 5) is 11.8. The zero-order valence-corrected chi connectivity index (χ0v) is 14.3. The number of carbonyl (C=O) groups excluding carboxylic acids is 1. The molecule has 2 aromatic rings. The van der Waals surface area contributed by atoms with E-state index in [-0.39, 0.29) is 5.91 Å². The van der Waals surface area contributed by atoms with Gasteiger partial charge in [0.2, 0.25) is 5.91 Å². The molecule has 0 saturated heterocycles. The molecule has 1 amide bonds. The third kappa shape index (κ3) is 5.95. The molecular weight excluding hydrogens is 310 g/mol. The van der Waals surface area contributed by atoms with Crippen LogP contribution < -0.4 is 10.1 Å². The maximum absolute atomic E-state index is 11.8. The molecule has 0 aliphatic carbocycles. The lowest BCUT2D eigenvalue weighted by molar-refractivity contribution is -0.116. The van der Waals surface area contributed by atoms with Gasteiger partial charge in [-0.3, -0.25) is 4.79 Å². The topological polar surface area (TPSA) is 38.3 Å². The predicted octanol–water partition coefficient (Wildman–Crippen LogP) is 5.26. The zero-order valence-electron chi connectivity index (χ0n) is 13.5. The second-order valence-electron chi connectivity index (χ2n) is 5.73. The van der Waals surface area contributed by atoms with E-state index < -0.39 is 0 Å². The van der Waals surface area contributed by atoms with Crippen molar-refractivity contribution in [1.82, 2.24) is 0 Å². The van der Waals surface area contributed by atoms with E-state index >= 15 is 0 Å². The number of amides is 1. The van der Waals surface area contributed by atoms with Crippen molar-refractivity contribution in [1.29, 1.82) is 0 Å². The number of hydrogen-bond acceptors (Lipinski definition) is 2. The smallest absolute Gasteiger partial charge is 0.224 e. The number of halogens is 1. The minimum atomic E-state index is -0.0221. The fourth-order valence-corrected chi connectivity index (χ4v) is 2.25. The molecule has 122 valence electrons. The van der Waals surface area contributed by atoms with Gasteiger partial charge in [0.15, 0.2) is 0 Å². The molecule has 1 N–H and O–H groups in total. The van der Waals surface area contributed by atoms with Gasteiger partial charge >= 0.3 is 0 Å². The summed E-state index contributed by atoms with van der Waals surface area (Å²) in [7, 11) is 0. The molecule has 2 rings (SSSR count). The van der Waals surface area contributed by atoms with Crippen LogP contribution in [0.5, 0.6) is 5.75 Å². The van der Waals surface area contributed by atoms with Crippen LogP contribution in [0, 0.1) is 0 Å². The molecule has 0 heterocycles. The number of ether oxygens (including phenoxy) is 1. The highest BCUT2D eigenvalue weighted by atomic mass is 35.5. The van der Waals surface area contributed by atoms with Crippen LogP contribution in [0.25, 0.3) is 0 Å². The molecule has 0 aromatic heterocycles. The Balaban J connectivity index is 1.68. The SMILES string of the molecule is CC(C)c1ccc(OCCCC(=O)Nc2ccc(Cl)cc2)cc1. The Kier molecular flexibility index (Phi) is 6.48. The van der Waals surface area contributed by atoms with Crippen molar-refractivity contribution in [3.05, 3.63) is 59.1 Å². The van der Waals surface area contributed by atoms with Gasteiger partial charge in [-0.25, -0.2) is 0 Å². The van der Waals surface area contributed by atoms with Gasteiger partial charge in [0.25, 0.3) is 0 Å². The number of hydrogen-bond donors (Lipinski definition) is 1. The first kappa shape index (κ1) is 17.4. The van der Waals surface area contributed by atoms with Gasteiger partial charge < -0.3 is 10.1 Å². The molecule has 0 spiro atoms. The molecular formula is C19H22ClNO2. The summed E-state index contributed by atoms with van der Waals surface area (Å²) in [5.41, 5.74) is 2.05. The van der Waals surface area contributed by atoms with Crippen LogP contribution >= 0.6 is 11.6 Å². The van der Waals surface area contributed by atoms with Gasteiger partial charge in [-0.15, -0.1) is 0 Å². The molecule has 0 radical (unpaired) electrons. The van der Waals surface area contributed by atoms with Crippen LogP contribution in [-0.2, 0) is 4.79 Å². The third-order valence-corrected chi connectivity index (χ3v) is 3.74. The minimum absolute atomic E-state index is 0.0221. The van der Waals surface area contributed by atoms with Crippen molar-refractivity contribution in [2.75, 3.05) is 11.9 Å². The fraction of sp³-hybridized carbons (Fsp3) is 0.316. The van der Waals surface area contributed by atoms with E-state index in [1.807, 2.05) is 12.1 Å². The van der Waals surface area contributed by atoms with Gasteiger partial charge in [-0.05, 0) is 54.3 Å². The molecule has 4 heteroatoms. The van der Waals surface area contributed by atoms with E-state index in [9.17, 15) is 4.79 Å². The van der Waals surface area contributed by atoms with E-state index in [4.69, 9.17) is 16.3 Å². The summed E-state index contributed by atoms with van der Waals surface area (Å²) >= 11 is 5.81. The standard InChI is InChI=1S/C19H22ClNO2/c1-14(2)15-5-11-18(12-6-15)23-13-3-4-19(22)21-17-9-7-16(20)8-10-17/h5-12,14H,3-4,13H2,1-2H3,(H,21,22). The summed E-state index contributed by atoms with van der Waals surface area (Å²) in [6.45, 7) is 4.85. The minimum Gasteiger partial charge on any atom is -0.494 e. The molecule has 2 aromatic carbocycles. The quantitative estimate of drug-likeness (QED) is 0.703. The van der Waals surface area contributed by atoms with Crippen molar-refractivity contribution in [3.63, 3.8) is 0 Å². The Morgan fingerprint density at radius 2 is 1.74 bits per heavy atom. The van der Waals surface area contributed by atoms with E-state index in [2.05, 4.69) is 31.3 Å². The van der Waals surface area contributed by atoms with E-state index in [1.165, 1.54) is 5.56 Å². The van der Waals surface area contributed by atoms with E-state index in [0.717, 1.165) is 11.4 Å². The molecule has 0 atom stereocenters. The average molecular weight is 332 g/mol. The molecule has 0 fully saturated rings. The van der Waals surface area contributed by atoms with Crippen molar-refractivity contribution >= 4 is 23.2 Å². The summed E-state index contributed by atoms with van der Waals surface area (Å²) in [5, 5.41) is 3.49. The Morgan fingerprint density at radius 3 is 2.35 bits per heavy atom. The molecule has 0 saturated carbocycles. The highest BCUT2D eigenvalue weighted by molar-refractivity contribution is 6.30.